The summed E-state index contributed by atoms with van der Waals surface area (Å²) >= 11 is 0. The summed E-state index contributed by atoms with van der Waals surface area (Å²) in [5, 5.41) is 9.28. The average Bonchev–Trinajstić information content (AvgIpc) is 3.51. The minimum atomic E-state index is -0.142. The number of benzene rings is 3. The van der Waals surface area contributed by atoms with E-state index in [1.165, 1.54) is 6.92 Å². The first-order chi connectivity index (χ1) is 17.1. The van der Waals surface area contributed by atoms with Gasteiger partial charge in [-0.05, 0) is 35.7 Å². The SMILES string of the molecule is CC(=O)NCCc1ccc(C(Nc2ccc(-c3c[nH]cn3)cc2)=C2C(=O)Nc3ccccc32)cc1. The Morgan fingerprint density at radius 2 is 1.74 bits per heavy atom. The molecule has 1 aliphatic rings. The van der Waals surface area contributed by atoms with E-state index in [-0.39, 0.29) is 11.8 Å². The molecule has 2 heterocycles. The first kappa shape index (κ1) is 22.2. The van der Waals surface area contributed by atoms with Gasteiger partial charge in [0, 0.05) is 42.2 Å². The normalized spacial score (nSPS) is 13.7. The zero-order chi connectivity index (χ0) is 24.2. The summed E-state index contributed by atoms with van der Waals surface area (Å²) in [4.78, 5) is 31.5. The van der Waals surface area contributed by atoms with Crippen LogP contribution in [0.4, 0.5) is 11.4 Å². The van der Waals surface area contributed by atoms with Crippen LogP contribution in [0, 0.1) is 0 Å². The van der Waals surface area contributed by atoms with Crippen LogP contribution >= 0.6 is 0 Å². The van der Waals surface area contributed by atoms with E-state index in [0.29, 0.717) is 12.1 Å². The lowest BCUT2D eigenvalue weighted by Crippen LogP contribution is -2.22. The number of nitrogens with zero attached hydrogens (tertiary/aromatic N) is 1. The molecule has 7 heteroatoms. The van der Waals surface area contributed by atoms with Crippen molar-refractivity contribution in [2.75, 3.05) is 17.2 Å². The number of aromatic amines is 1. The third-order valence-electron chi connectivity index (χ3n) is 5.90. The molecule has 1 aliphatic heterocycles. The van der Waals surface area contributed by atoms with E-state index in [1.54, 1.807) is 6.33 Å². The number of carbonyl (C=O) groups excluding carboxylic acids is 2. The Balaban J connectivity index is 1.50. The summed E-state index contributed by atoms with van der Waals surface area (Å²) in [6.45, 7) is 2.10. The Labute approximate surface area is 203 Å². The fourth-order valence-electron chi connectivity index (χ4n) is 4.15. The highest BCUT2D eigenvalue weighted by Crippen LogP contribution is 2.37. The number of carbonyl (C=O) groups is 2. The monoisotopic (exact) mass is 463 g/mol. The number of hydrogen-bond donors (Lipinski definition) is 4. The lowest BCUT2D eigenvalue weighted by atomic mass is 9.98. The molecule has 0 saturated carbocycles. The first-order valence-corrected chi connectivity index (χ1v) is 11.4. The maximum Gasteiger partial charge on any atom is 0.258 e. The third kappa shape index (κ3) is 4.84. The maximum absolute atomic E-state index is 13.1. The van der Waals surface area contributed by atoms with Crippen LogP contribution in [0.15, 0.2) is 85.3 Å². The molecule has 0 unspecified atom stereocenters. The van der Waals surface area contributed by atoms with Crippen LogP contribution in [0.3, 0.4) is 0 Å². The van der Waals surface area contributed by atoms with Gasteiger partial charge in [0.2, 0.25) is 5.91 Å². The zero-order valence-electron chi connectivity index (χ0n) is 19.3. The smallest absolute Gasteiger partial charge is 0.258 e. The molecule has 0 fully saturated rings. The van der Waals surface area contributed by atoms with E-state index < -0.39 is 0 Å². The van der Waals surface area contributed by atoms with Crippen molar-refractivity contribution in [3.05, 3.63) is 102 Å². The van der Waals surface area contributed by atoms with Gasteiger partial charge in [-0.25, -0.2) is 4.98 Å². The number of rotatable bonds is 7. The van der Waals surface area contributed by atoms with E-state index in [0.717, 1.165) is 51.4 Å². The molecule has 4 N–H and O–H groups in total. The van der Waals surface area contributed by atoms with E-state index >= 15 is 0 Å². The molecule has 0 atom stereocenters. The van der Waals surface area contributed by atoms with Crippen LogP contribution in [0.25, 0.3) is 22.5 Å². The minimum Gasteiger partial charge on any atom is -0.356 e. The van der Waals surface area contributed by atoms with E-state index in [2.05, 4.69) is 25.9 Å². The van der Waals surface area contributed by atoms with Gasteiger partial charge in [0.25, 0.3) is 5.91 Å². The Kier molecular flexibility index (Phi) is 6.13. The Morgan fingerprint density at radius 3 is 2.46 bits per heavy atom. The lowest BCUT2D eigenvalue weighted by Gasteiger charge is -2.16. The number of nitrogens with one attached hydrogen (secondary N) is 4. The van der Waals surface area contributed by atoms with Crippen LogP contribution in [0.1, 0.15) is 23.6 Å². The fraction of sp³-hybridized carbons (Fsp3) is 0.107. The summed E-state index contributed by atoms with van der Waals surface area (Å²) < 4.78 is 0. The largest absolute Gasteiger partial charge is 0.356 e. The van der Waals surface area contributed by atoms with Gasteiger partial charge in [0.15, 0.2) is 0 Å². The van der Waals surface area contributed by atoms with Crippen LogP contribution < -0.4 is 16.0 Å². The number of amides is 2. The second kappa shape index (κ2) is 9.69. The summed E-state index contributed by atoms with van der Waals surface area (Å²) in [6.07, 6.45) is 4.24. The number of hydrogen-bond acceptors (Lipinski definition) is 4. The number of fused-ring (bicyclic) bond motifs is 1. The van der Waals surface area contributed by atoms with E-state index in [9.17, 15) is 9.59 Å². The van der Waals surface area contributed by atoms with Gasteiger partial charge in [0.05, 0.1) is 23.3 Å². The highest BCUT2D eigenvalue weighted by atomic mass is 16.2. The first-order valence-electron chi connectivity index (χ1n) is 11.4. The molecule has 4 aromatic rings. The van der Waals surface area contributed by atoms with Gasteiger partial charge in [-0.2, -0.15) is 0 Å². The second-order valence-corrected chi connectivity index (χ2v) is 8.34. The van der Waals surface area contributed by atoms with Crippen molar-refractivity contribution in [2.45, 2.75) is 13.3 Å². The second-order valence-electron chi connectivity index (χ2n) is 8.34. The van der Waals surface area contributed by atoms with Gasteiger partial charge in [-0.3, -0.25) is 9.59 Å². The topological polar surface area (TPSA) is 98.9 Å². The summed E-state index contributed by atoms with van der Waals surface area (Å²) in [7, 11) is 0. The number of aromatic nitrogens is 2. The van der Waals surface area contributed by atoms with Crippen LogP contribution in [-0.4, -0.2) is 28.3 Å². The Bertz CT molecular complexity index is 1390. The zero-order valence-corrected chi connectivity index (χ0v) is 19.3. The number of para-hydroxylation sites is 1. The maximum atomic E-state index is 13.1. The molecule has 0 saturated heterocycles. The Morgan fingerprint density at radius 1 is 0.971 bits per heavy atom. The average molecular weight is 464 g/mol. The molecule has 7 nitrogen and oxygen atoms in total. The van der Waals surface area contributed by atoms with Gasteiger partial charge >= 0.3 is 0 Å². The number of H-pyrrole nitrogens is 1. The molecule has 0 radical (unpaired) electrons. The molecule has 5 rings (SSSR count). The molecule has 0 aliphatic carbocycles. The highest BCUT2D eigenvalue weighted by molar-refractivity contribution is 6.37. The van der Waals surface area contributed by atoms with Crippen LogP contribution in [-0.2, 0) is 16.0 Å². The van der Waals surface area contributed by atoms with Crippen molar-refractivity contribution in [2.24, 2.45) is 0 Å². The van der Waals surface area contributed by atoms with Gasteiger partial charge in [-0.15, -0.1) is 0 Å². The highest BCUT2D eigenvalue weighted by Gasteiger charge is 2.28. The van der Waals surface area contributed by atoms with Crippen molar-refractivity contribution in [3.63, 3.8) is 0 Å². The van der Waals surface area contributed by atoms with Crippen LogP contribution in [0.5, 0.6) is 0 Å². The Hall–Kier alpha value is -4.65. The number of imidazole rings is 1. The van der Waals surface area contributed by atoms with Crippen molar-refractivity contribution >= 4 is 34.5 Å². The number of anilines is 2. The lowest BCUT2D eigenvalue weighted by molar-refractivity contribution is -0.119. The van der Waals surface area contributed by atoms with Gasteiger partial charge in [-0.1, -0.05) is 54.6 Å². The summed E-state index contributed by atoms with van der Waals surface area (Å²) in [5.41, 5.74) is 7.72. The summed E-state index contributed by atoms with van der Waals surface area (Å²) in [6, 6.07) is 23.7. The van der Waals surface area contributed by atoms with E-state index in [4.69, 9.17) is 0 Å². The quantitative estimate of drug-likeness (QED) is 0.299. The third-order valence-corrected chi connectivity index (χ3v) is 5.90. The van der Waals surface area contributed by atoms with Crippen LogP contribution in [0.2, 0.25) is 0 Å². The molecule has 174 valence electrons. The molecular weight excluding hydrogens is 438 g/mol. The molecule has 0 spiro atoms. The molecular formula is C28H25N5O2. The van der Waals surface area contributed by atoms with Crippen molar-refractivity contribution in [3.8, 4) is 11.3 Å². The van der Waals surface area contributed by atoms with E-state index in [1.807, 2.05) is 79.0 Å². The standard InChI is InChI=1S/C28H25N5O2/c1-18(34)30-15-14-19-6-8-21(9-7-19)27(26-23-4-2-3-5-24(23)33-28(26)35)32-22-12-10-20(11-13-22)25-16-29-17-31-25/h2-13,16-17,32H,14-15H2,1H3,(H,29,31)(H,30,34)(H,33,35). The van der Waals surface area contributed by atoms with Crippen molar-refractivity contribution in [1.82, 2.24) is 15.3 Å². The predicted octanol–water partition coefficient (Wildman–Crippen LogP) is 4.69. The van der Waals surface area contributed by atoms with Crippen molar-refractivity contribution in [1.29, 1.82) is 0 Å². The molecule has 1 aromatic heterocycles. The molecule has 0 bridgehead atoms. The van der Waals surface area contributed by atoms with Crippen molar-refractivity contribution < 1.29 is 9.59 Å². The fourth-order valence-corrected chi connectivity index (χ4v) is 4.15. The molecule has 2 amide bonds. The summed E-state index contributed by atoms with van der Waals surface area (Å²) in [5.74, 6) is -0.182. The molecule has 35 heavy (non-hydrogen) atoms. The molecule has 3 aromatic carbocycles. The van der Waals surface area contributed by atoms with Gasteiger partial charge < -0.3 is 20.9 Å². The van der Waals surface area contributed by atoms with Gasteiger partial charge in [0.1, 0.15) is 0 Å². The minimum absolute atomic E-state index is 0.0398. The predicted molar refractivity (Wildman–Crippen MR) is 138 cm³/mol.